The molecule has 0 spiro atoms. The SMILES string of the molecule is C=CCOc1c(Cl)cc(CNc2cc(Cl)ccc2C)cc1Cl. The molecule has 1 N–H and O–H groups in total. The van der Waals surface area contributed by atoms with E-state index in [-0.39, 0.29) is 0 Å². The molecule has 0 saturated heterocycles. The van der Waals surface area contributed by atoms with Crippen LogP contribution < -0.4 is 10.1 Å². The summed E-state index contributed by atoms with van der Waals surface area (Å²) in [6.45, 7) is 6.56. The van der Waals surface area contributed by atoms with Crippen LogP contribution in [0.3, 0.4) is 0 Å². The van der Waals surface area contributed by atoms with Crippen LogP contribution in [0.15, 0.2) is 43.0 Å². The van der Waals surface area contributed by atoms with Crippen LogP contribution in [-0.2, 0) is 6.54 Å². The molecule has 22 heavy (non-hydrogen) atoms. The first-order valence-electron chi connectivity index (χ1n) is 6.73. The van der Waals surface area contributed by atoms with Gasteiger partial charge < -0.3 is 10.1 Å². The lowest BCUT2D eigenvalue weighted by Crippen LogP contribution is -2.02. The zero-order chi connectivity index (χ0) is 16.1. The van der Waals surface area contributed by atoms with Gasteiger partial charge in [0.05, 0.1) is 10.0 Å². The van der Waals surface area contributed by atoms with Crippen molar-refractivity contribution in [2.24, 2.45) is 0 Å². The summed E-state index contributed by atoms with van der Waals surface area (Å²) >= 11 is 18.4. The number of ether oxygens (including phenoxy) is 1. The van der Waals surface area contributed by atoms with Crippen molar-refractivity contribution in [2.45, 2.75) is 13.5 Å². The van der Waals surface area contributed by atoms with Crippen molar-refractivity contribution in [3.05, 3.63) is 69.2 Å². The summed E-state index contributed by atoms with van der Waals surface area (Å²) in [7, 11) is 0. The van der Waals surface area contributed by atoms with E-state index in [4.69, 9.17) is 39.5 Å². The molecule has 0 aromatic heterocycles. The van der Waals surface area contributed by atoms with Crippen LogP contribution in [-0.4, -0.2) is 6.61 Å². The third-order valence-electron chi connectivity index (χ3n) is 3.09. The molecule has 0 bridgehead atoms. The fourth-order valence-corrected chi connectivity index (χ4v) is 2.79. The molecule has 116 valence electrons. The van der Waals surface area contributed by atoms with E-state index in [1.807, 2.05) is 37.3 Å². The van der Waals surface area contributed by atoms with Crippen LogP contribution in [0.2, 0.25) is 15.1 Å². The normalized spacial score (nSPS) is 10.4. The van der Waals surface area contributed by atoms with Gasteiger partial charge in [0.25, 0.3) is 0 Å². The summed E-state index contributed by atoms with van der Waals surface area (Å²) in [4.78, 5) is 0. The topological polar surface area (TPSA) is 21.3 Å². The highest BCUT2D eigenvalue weighted by Gasteiger charge is 2.10. The summed E-state index contributed by atoms with van der Waals surface area (Å²) in [5, 5.41) is 4.98. The van der Waals surface area contributed by atoms with E-state index in [2.05, 4.69) is 11.9 Å². The molecule has 2 nitrogen and oxygen atoms in total. The highest BCUT2D eigenvalue weighted by molar-refractivity contribution is 6.37. The second kappa shape index (κ2) is 7.77. The fraction of sp³-hybridized carbons (Fsp3) is 0.176. The predicted molar refractivity (Wildman–Crippen MR) is 95.7 cm³/mol. The van der Waals surface area contributed by atoms with Crippen molar-refractivity contribution in [1.82, 2.24) is 0 Å². The molecule has 2 aromatic rings. The van der Waals surface area contributed by atoms with Crippen LogP contribution in [0.4, 0.5) is 5.69 Å². The molecule has 0 aliphatic heterocycles. The Kier molecular flexibility index (Phi) is 6.01. The summed E-state index contributed by atoms with van der Waals surface area (Å²) in [5.41, 5.74) is 3.06. The van der Waals surface area contributed by atoms with Gasteiger partial charge in [0.2, 0.25) is 0 Å². The number of aryl methyl sites for hydroxylation is 1. The number of hydrogen-bond acceptors (Lipinski definition) is 2. The number of benzene rings is 2. The molecule has 0 aliphatic rings. The molecule has 2 rings (SSSR count). The first-order chi connectivity index (χ1) is 10.5. The molecule has 0 unspecified atom stereocenters. The average Bonchev–Trinajstić information content (AvgIpc) is 2.47. The minimum Gasteiger partial charge on any atom is -0.486 e. The first-order valence-corrected chi connectivity index (χ1v) is 7.86. The molecule has 0 amide bonds. The van der Waals surface area contributed by atoms with Gasteiger partial charge in [0.1, 0.15) is 6.61 Å². The van der Waals surface area contributed by atoms with Gasteiger partial charge in [-0.05, 0) is 42.3 Å². The first kappa shape index (κ1) is 17.0. The molecule has 0 aliphatic carbocycles. The molecule has 5 heteroatoms. The van der Waals surface area contributed by atoms with Crippen molar-refractivity contribution in [2.75, 3.05) is 11.9 Å². The summed E-state index contributed by atoms with van der Waals surface area (Å²) < 4.78 is 5.45. The number of halogens is 3. The lowest BCUT2D eigenvalue weighted by Gasteiger charge is -2.13. The number of nitrogens with one attached hydrogen (secondary N) is 1. The van der Waals surface area contributed by atoms with Crippen molar-refractivity contribution in [3.8, 4) is 5.75 Å². The van der Waals surface area contributed by atoms with Gasteiger partial charge in [-0.2, -0.15) is 0 Å². The predicted octanol–water partition coefficient (Wildman–Crippen LogP) is 6.13. The van der Waals surface area contributed by atoms with Crippen LogP contribution in [0, 0.1) is 6.92 Å². The van der Waals surface area contributed by atoms with Crippen molar-refractivity contribution in [3.63, 3.8) is 0 Å². The Labute approximate surface area is 145 Å². The highest BCUT2D eigenvalue weighted by atomic mass is 35.5. The summed E-state index contributed by atoms with van der Waals surface area (Å²) in [6, 6.07) is 9.39. The van der Waals surface area contributed by atoms with E-state index in [1.54, 1.807) is 6.08 Å². The lowest BCUT2D eigenvalue weighted by molar-refractivity contribution is 0.363. The molecular weight excluding hydrogens is 341 g/mol. The lowest BCUT2D eigenvalue weighted by atomic mass is 10.1. The second-order valence-corrected chi connectivity index (χ2v) is 6.05. The van der Waals surface area contributed by atoms with E-state index in [0.717, 1.165) is 16.8 Å². The maximum absolute atomic E-state index is 6.22. The average molecular weight is 357 g/mol. The maximum atomic E-state index is 6.22. The van der Waals surface area contributed by atoms with Crippen molar-refractivity contribution < 1.29 is 4.74 Å². The highest BCUT2D eigenvalue weighted by Crippen LogP contribution is 2.34. The number of anilines is 1. The van der Waals surface area contributed by atoms with E-state index in [9.17, 15) is 0 Å². The standard InChI is InChI=1S/C17H16Cl3NO/c1-3-6-22-17-14(19)7-12(8-15(17)20)10-21-16-9-13(18)5-4-11(16)2/h3-5,7-9,21H,1,6,10H2,2H3. The minimum absolute atomic E-state index is 0.360. The van der Waals surface area contributed by atoms with Gasteiger partial charge in [-0.1, -0.05) is 53.5 Å². The Morgan fingerprint density at radius 3 is 2.45 bits per heavy atom. The molecule has 0 fully saturated rings. The Morgan fingerprint density at radius 2 is 1.82 bits per heavy atom. The van der Waals surface area contributed by atoms with Crippen LogP contribution >= 0.6 is 34.8 Å². The zero-order valence-corrected chi connectivity index (χ0v) is 14.4. The van der Waals surface area contributed by atoms with Gasteiger partial charge in [-0.25, -0.2) is 0 Å². The Bertz CT molecular complexity index is 663. The summed E-state index contributed by atoms with van der Waals surface area (Å²) in [5.74, 6) is 0.478. The number of rotatable bonds is 6. The Hall–Kier alpha value is -1.35. The fourth-order valence-electron chi connectivity index (χ4n) is 1.98. The second-order valence-electron chi connectivity index (χ2n) is 4.80. The van der Waals surface area contributed by atoms with Crippen molar-refractivity contribution in [1.29, 1.82) is 0 Å². The monoisotopic (exact) mass is 355 g/mol. The quantitative estimate of drug-likeness (QED) is 0.628. The van der Waals surface area contributed by atoms with Gasteiger partial charge >= 0.3 is 0 Å². The van der Waals surface area contributed by atoms with E-state index >= 15 is 0 Å². The Morgan fingerprint density at radius 1 is 1.14 bits per heavy atom. The van der Waals surface area contributed by atoms with Crippen LogP contribution in [0.5, 0.6) is 5.75 Å². The smallest absolute Gasteiger partial charge is 0.156 e. The minimum atomic E-state index is 0.360. The van der Waals surface area contributed by atoms with Crippen LogP contribution in [0.1, 0.15) is 11.1 Å². The van der Waals surface area contributed by atoms with Crippen molar-refractivity contribution >= 4 is 40.5 Å². The summed E-state index contributed by atoms with van der Waals surface area (Å²) in [6.07, 6.45) is 1.64. The molecule has 2 aromatic carbocycles. The van der Waals surface area contributed by atoms with E-state index in [1.165, 1.54) is 0 Å². The largest absolute Gasteiger partial charge is 0.486 e. The van der Waals surface area contributed by atoms with Gasteiger partial charge in [0, 0.05) is 17.3 Å². The molecule has 0 saturated carbocycles. The molecule has 0 radical (unpaired) electrons. The zero-order valence-electron chi connectivity index (χ0n) is 12.1. The molecule has 0 heterocycles. The van der Waals surface area contributed by atoms with E-state index < -0.39 is 0 Å². The molecule has 0 atom stereocenters. The third-order valence-corrected chi connectivity index (χ3v) is 3.88. The van der Waals surface area contributed by atoms with E-state index in [0.29, 0.717) is 34.0 Å². The van der Waals surface area contributed by atoms with Gasteiger partial charge in [-0.15, -0.1) is 0 Å². The Balaban J connectivity index is 2.13. The van der Waals surface area contributed by atoms with Crippen LogP contribution in [0.25, 0.3) is 0 Å². The maximum Gasteiger partial charge on any atom is 0.156 e. The van der Waals surface area contributed by atoms with Gasteiger partial charge in [0.15, 0.2) is 5.75 Å². The number of hydrogen-bond donors (Lipinski definition) is 1. The third kappa shape index (κ3) is 4.33. The van der Waals surface area contributed by atoms with Gasteiger partial charge in [-0.3, -0.25) is 0 Å². The molecular formula is C17H16Cl3NO.